The summed E-state index contributed by atoms with van der Waals surface area (Å²) in [4.78, 5) is 49.8. The Morgan fingerprint density at radius 1 is 1.00 bits per heavy atom. The number of rotatable bonds is 10. The van der Waals surface area contributed by atoms with Crippen LogP contribution < -0.4 is 24.8 Å². The second-order valence-electron chi connectivity index (χ2n) is 17.4. The van der Waals surface area contributed by atoms with Crippen LogP contribution >= 0.6 is 0 Å². The average molecular weight is 877 g/mol. The summed E-state index contributed by atoms with van der Waals surface area (Å²) in [6.45, 7) is 5.44. The van der Waals surface area contributed by atoms with E-state index in [0.29, 0.717) is 41.4 Å². The number of hydrogen-bond donors (Lipinski definition) is 3. The maximum absolute atomic E-state index is 14.8. The van der Waals surface area contributed by atoms with Crippen LogP contribution in [0.3, 0.4) is 0 Å². The van der Waals surface area contributed by atoms with Gasteiger partial charge in [0.25, 0.3) is 11.9 Å². The summed E-state index contributed by atoms with van der Waals surface area (Å²) in [6, 6.07) is 18.5. The number of imidazole rings is 1. The number of amides is 3. The summed E-state index contributed by atoms with van der Waals surface area (Å²) in [5.41, 5.74) is 1.29. The molecule has 2 aliphatic heterocycles. The highest BCUT2D eigenvalue weighted by Gasteiger charge is 2.63. The number of alkyl halides is 3. The van der Waals surface area contributed by atoms with Gasteiger partial charge in [-0.3, -0.25) is 23.7 Å². The summed E-state index contributed by atoms with van der Waals surface area (Å²) in [7, 11) is -4.02. The summed E-state index contributed by atoms with van der Waals surface area (Å²) >= 11 is 0. The Balaban J connectivity index is 1.13. The number of hydrogen-bond acceptors (Lipinski definition) is 9. The highest BCUT2D eigenvalue weighted by Crippen LogP contribution is 2.48. The van der Waals surface area contributed by atoms with Crippen molar-refractivity contribution >= 4 is 44.5 Å². The molecule has 330 valence electrons. The van der Waals surface area contributed by atoms with Gasteiger partial charge in [-0.15, -0.1) is 13.2 Å². The molecule has 3 aromatic carbocycles. The number of anilines is 1. The molecular weight excluding hydrogens is 826 g/mol. The van der Waals surface area contributed by atoms with Gasteiger partial charge in [0.15, 0.2) is 0 Å². The Bertz CT molecular complexity index is 2490. The van der Waals surface area contributed by atoms with Crippen molar-refractivity contribution in [1.29, 1.82) is 0 Å². The number of allylic oxidation sites excluding steroid dienone is 1. The van der Waals surface area contributed by atoms with E-state index in [1.165, 1.54) is 23.1 Å². The van der Waals surface area contributed by atoms with Crippen LogP contribution in [0, 0.1) is 5.92 Å². The molecule has 3 heterocycles. The van der Waals surface area contributed by atoms with Crippen LogP contribution in [0.1, 0.15) is 84.6 Å². The molecule has 1 saturated heterocycles. The molecule has 4 aromatic rings. The first-order valence-corrected chi connectivity index (χ1v) is 22.7. The Kier molecular flexibility index (Phi) is 11.5. The Morgan fingerprint density at radius 2 is 1.76 bits per heavy atom. The van der Waals surface area contributed by atoms with Crippen LogP contribution in [0.25, 0.3) is 22.2 Å². The van der Waals surface area contributed by atoms with Crippen LogP contribution in [0.15, 0.2) is 84.9 Å². The topological polar surface area (TPSA) is 161 Å². The van der Waals surface area contributed by atoms with Gasteiger partial charge < -0.3 is 25.0 Å². The van der Waals surface area contributed by atoms with E-state index < -0.39 is 62.6 Å². The second-order valence-corrected chi connectivity index (χ2v) is 19.6. The minimum Gasteiger partial charge on any atom is -0.459 e. The number of aromatic nitrogens is 2. The minimum absolute atomic E-state index is 0.00979. The zero-order valence-corrected chi connectivity index (χ0v) is 35.6. The van der Waals surface area contributed by atoms with Crippen LogP contribution in [0.2, 0.25) is 0 Å². The molecule has 3 amide bonds. The maximum atomic E-state index is 14.8. The van der Waals surface area contributed by atoms with Crippen molar-refractivity contribution in [2.24, 2.45) is 5.92 Å². The number of sulfonamides is 1. The predicted molar refractivity (Wildman–Crippen MR) is 227 cm³/mol. The SMILES string of the molecule is CC(C)n1c(O[C@@H]2C[C@H]3C(=O)N[C@]4(C(=O)NS(=O)(=O)C5(C)CC5)C[C@H]4/C=C\CCCCC[C@H](Nc4ccccc4)C(=O)N3C2)nc2c(-c3cccc(OC(F)(F)F)c3)cccc21. The standard InChI is InChI=1S/C45H51F3N6O7S/c1-28(2)54-36-21-13-19-34(29-14-12-18-32(24-29)61-45(46,47)48)38(36)50-42(54)60-33-25-37-39(55)51-44(41(57)52-62(58,59)43(3)22-23-43)26-30(44)15-8-5-4-6-11-20-35(40(56)53(37)27-33)49-31-16-9-7-10-17-31/h7-10,12-19,21,24,28,30,33,35,37,49H,4-6,11,20,22-23,25-27H2,1-3H3,(H,51,55)(H,52,57)/b15-8-/t30-,33-,35+,37+,44-/m1/s1. The maximum Gasteiger partial charge on any atom is 0.573 e. The largest absolute Gasteiger partial charge is 0.573 e. The predicted octanol–water partition coefficient (Wildman–Crippen LogP) is 7.41. The van der Waals surface area contributed by atoms with E-state index in [4.69, 9.17) is 9.72 Å². The van der Waals surface area contributed by atoms with Gasteiger partial charge in [-0.05, 0) is 95.2 Å². The molecule has 1 aromatic heterocycles. The molecule has 8 rings (SSSR count). The van der Waals surface area contributed by atoms with Gasteiger partial charge in [-0.25, -0.2) is 8.42 Å². The van der Waals surface area contributed by atoms with Crippen molar-refractivity contribution in [2.75, 3.05) is 11.9 Å². The van der Waals surface area contributed by atoms with Gasteiger partial charge in [0.05, 0.1) is 16.8 Å². The number of nitrogens with zero attached hydrogens (tertiary/aromatic N) is 3. The molecule has 3 fully saturated rings. The fourth-order valence-corrected chi connectivity index (χ4v) is 9.91. The molecule has 4 aliphatic rings. The number of carbonyl (C=O) groups is 3. The quantitative estimate of drug-likeness (QED) is 0.138. The zero-order chi connectivity index (χ0) is 44.0. The van der Waals surface area contributed by atoms with Crippen molar-refractivity contribution in [2.45, 2.75) is 119 Å². The van der Waals surface area contributed by atoms with E-state index in [2.05, 4.69) is 20.1 Å². The molecule has 0 unspecified atom stereocenters. The van der Waals surface area contributed by atoms with Gasteiger partial charge in [0.2, 0.25) is 21.8 Å². The first-order valence-electron chi connectivity index (χ1n) is 21.2. The van der Waals surface area contributed by atoms with Crippen LogP contribution in [-0.2, 0) is 24.4 Å². The third-order valence-electron chi connectivity index (χ3n) is 12.4. The van der Waals surface area contributed by atoms with Gasteiger partial charge >= 0.3 is 6.36 Å². The van der Waals surface area contributed by atoms with E-state index in [0.717, 1.165) is 31.4 Å². The second kappa shape index (κ2) is 16.6. The lowest BCUT2D eigenvalue weighted by Crippen LogP contribution is -2.58. The van der Waals surface area contributed by atoms with Crippen molar-refractivity contribution in [3.8, 4) is 22.9 Å². The molecule has 17 heteroatoms. The van der Waals surface area contributed by atoms with Gasteiger partial charge in [-0.2, -0.15) is 4.98 Å². The molecule has 0 radical (unpaired) electrons. The van der Waals surface area contributed by atoms with E-state index in [-0.39, 0.29) is 43.1 Å². The van der Waals surface area contributed by atoms with Gasteiger partial charge in [0.1, 0.15) is 35.0 Å². The van der Waals surface area contributed by atoms with E-state index in [1.54, 1.807) is 25.1 Å². The van der Waals surface area contributed by atoms with E-state index >= 15 is 0 Å². The van der Waals surface area contributed by atoms with E-state index in [9.17, 15) is 36.0 Å². The first-order chi connectivity index (χ1) is 29.5. The number of carbonyl (C=O) groups excluding carboxylic acids is 3. The summed E-state index contributed by atoms with van der Waals surface area (Å²) < 4.78 is 79.9. The Labute approximate surface area is 358 Å². The lowest BCUT2D eigenvalue weighted by molar-refractivity contribution is -0.274. The lowest BCUT2D eigenvalue weighted by atomic mass is 10.0. The summed E-state index contributed by atoms with van der Waals surface area (Å²) in [5, 5.41) is 6.32. The summed E-state index contributed by atoms with van der Waals surface area (Å²) in [6.07, 6.45) is 2.87. The molecule has 0 bridgehead atoms. The minimum atomic E-state index is -4.87. The number of benzene rings is 3. The fourth-order valence-electron chi connectivity index (χ4n) is 8.60. The van der Waals surface area contributed by atoms with Gasteiger partial charge in [-0.1, -0.05) is 67.5 Å². The molecule has 13 nitrogen and oxygen atoms in total. The van der Waals surface area contributed by atoms with Crippen molar-refractivity contribution in [3.05, 3.63) is 84.9 Å². The lowest BCUT2D eigenvalue weighted by Gasteiger charge is -2.30. The third-order valence-corrected chi connectivity index (χ3v) is 14.6. The normalized spacial score (nSPS) is 25.8. The first kappa shape index (κ1) is 43.1. The molecule has 2 saturated carbocycles. The van der Waals surface area contributed by atoms with E-state index in [1.807, 2.05) is 67.0 Å². The Hall–Kier alpha value is -5.58. The van der Waals surface area contributed by atoms with Crippen molar-refractivity contribution in [3.63, 3.8) is 0 Å². The van der Waals surface area contributed by atoms with Gasteiger partial charge in [0, 0.05) is 29.6 Å². The average Bonchev–Trinajstić information content (AvgIpc) is 4.04. The van der Waals surface area contributed by atoms with Crippen molar-refractivity contribution in [1.82, 2.24) is 24.5 Å². The number of para-hydroxylation sites is 2. The Morgan fingerprint density at radius 3 is 2.48 bits per heavy atom. The molecule has 5 atom stereocenters. The van der Waals surface area contributed by atoms with Crippen LogP contribution in [0.4, 0.5) is 18.9 Å². The fraction of sp³-hybridized carbons (Fsp3) is 0.467. The van der Waals surface area contributed by atoms with Crippen molar-refractivity contribution < 1.29 is 45.4 Å². The molecule has 62 heavy (non-hydrogen) atoms. The molecular formula is C45H51F3N6O7S. The third kappa shape index (κ3) is 8.86. The number of ether oxygens (including phenoxy) is 2. The number of fused-ring (bicyclic) bond motifs is 3. The summed E-state index contributed by atoms with van der Waals surface area (Å²) in [5.74, 6) is -2.58. The monoisotopic (exact) mass is 876 g/mol. The molecule has 3 N–H and O–H groups in total. The highest BCUT2D eigenvalue weighted by molar-refractivity contribution is 7.91. The smallest absolute Gasteiger partial charge is 0.459 e. The highest BCUT2D eigenvalue weighted by atomic mass is 32.2. The van der Waals surface area contributed by atoms with Crippen LogP contribution in [-0.4, -0.2) is 82.0 Å². The van der Waals surface area contributed by atoms with Crippen LogP contribution in [0.5, 0.6) is 11.8 Å². The number of nitrogens with one attached hydrogen (secondary N) is 3. The number of halogens is 3. The molecule has 0 spiro atoms. The zero-order valence-electron chi connectivity index (χ0n) is 34.8. The molecule has 2 aliphatic carbocycles.